The van der Waals surface area contributed by atoms with Crippen LogP contribution in [-0.4, -0.2) is 29.4 Å². The van der Waals surface area contributed by atoms with E-state index in [1.807, 2.05) is 6.07 Å². The Morgan fingerprint density at radius 2 is 1.91 bits per heavy atom. The number of ether oxygens (including phenoxy) is 1. The number of hydrogen-bond donors (Lipinski definition) is 1. The maximum Gasteiger partial charge on any atom is 0.338 e. The minimum Gasteiger partial charge on any atom is -0.463 e. The molecule has 1 aliphatic rings. The lowest BCUT2D eigenvalue weighted by Crippen LogP contribution is -2.50. The molecular weight excluding hydrogens is 284 g/mol. The number of hydrogen-bond acceptors (Lipinski definition) is 4. The third kappa shape index (κ3) is 2.86. The number of esters is 1. The Morgan fingerprint density at radius 1 is 1.27 bits per heavy atom. The Kier molecular flexibility index (Phi) is 4.60. The average molecular weight is 302 g/mol. The van der Waals surface area contributed by atoms with Crippen molar-refractivity contribution in [3.05, 3.63) is 47.2 Å². The Labute approximate surface area is 128 Å². The second kappa shape index (κ2) is 6.43. The van der Waals surface area contributed by atoms with Gasteiger partial charge in [-0.3, -0.25) is 9.69 Å². The lowest BCUT2D eigenvalue weighted by molar-refractivity contribution is -0.139. The van der Waals surface area contributed by atoms with E-state index in [1.165, 1.54) is 6.92 Å². The van der Waals surface area contributed by atoms with Crippen molar-refractivity contribution in [2.75, 3.05) is 6.61 Å². The molecule has 0 aromatic heterocycles. The molecule has 116 valence electrons. The maximum absolute atomic E-state index is 12.3. The van der Waals surface area contributed by atoms with E-state index < -0.39 is 23.9 Å². The van der Waals surface area contributed by atoms with E-state index in [2.05, 4.69) is 5.32 Å². The van der Waals surface area contributed by atoms with E-state index in [0.29, 0.717) is 11.3 Å². The van der Waals surface area contributed by atoms with Gasteiger partial charge in [0.2, 0.25) is 5.91 Å². The summed E-state index contributed by atoms with van der Waals surface area (Å²) >= 11 is 0. The second-order valence-corrected chi connectivity index (χ2v) is 4.89. The fourth-order valence-corrected chi connectivity index (χ4v) is 2.49. The van der Waals surface area contributed by atoms with E-state index >= 15 is 0 Å². The fourth-order valence-electron chi connectivity index (χ4n) is 2.49. The highest BCUT2D eigenvalue weighted by Crippen LogP contribution is 2.34. The zero-order valence-corrected chi connectivity index (χ0v) is 12.8. The maximum atomic E-state index is 12.3. The lowest BCUT2D eigenvalue weighted by atomic mass is 9.94. The summed E-state index contributed by atoms with van der Waals surface area (Å²) in [5.74, 6) is -0.985. The molecule has 1 aromatic rings. The SMILES string of the molecule is CCOC(=O)C1=C(C)NC(=O)N(C(C)=O)[C@H]1c1ccccc1. The molecule has 1 aliphatic heterocycles. The zero-order chi connectivity index (χ0) is 16.3. The number of rotatable bonds is 3. The Hall–Kier alpha value is -2.63. The number of nitrogens with zero attached hydrogens (tertiary/aromatic N) is 1. The molecule has 0 unspecified atom stereocenters. The first-order valence-electron chi connectivity index (χ1n) is 7.01. The van der Waals surface area contributed by atoms with Gasteiger partial charge >= 0.3 is 12.0 Å². The molecule has 0 radical (unpaired) electrons. The van der Waals surface area contributed by atoms with Crippen molar-refractivity contribution in [3.8, 4) is 0 Å². The third-order valence-electron chi connectivity index (χ3n) is 3.40. The van der Waals surface area contributed by atoms with Gasteiger partial charge in [0, 0.05) is 12.6 Å². The van der Waals surface area contributed by atoms with Crippen LogP contribution in [0.25, 0.3) is 0 Å². The highest BCUT2D eigenvalue weighted by Gasteiger charge is 2.40. The molecule has 0 spiro atoms. The molecule has 0 bridgehead atoms. The lowest BCUT2D eigenvalue weighted by Gasteiger charge is -2.35. The van der Waals surface area contributed by atoms with Crippen molar-refractivity contribution in [1.29, 1.82) is 0 Å². The standard InChI is InChI=1S/C16H18N2O4/c1-4-22-15(20)13-10(2)17-16(21)18(11(3)19)14(13)12-8-6-5-7-9-12/h5-9,14H,4H2,1-3H3,(H,17,21)/t14-/m0/s1. The molecule has 0 fully saturated rings. The van der Waals surface area contributed by atoms with Gasteiger partial charge < -0.3 is 10.1 Å². The van der Waals surface area contributed by atoms with Gasteiger partial charge in [-0.2, -0.15) is 0 Å². The first-order chi connectivity index (χ1) is 10.5. The predicted molar refractivity (Wildman–Crippen MR) is 79.6 cm³/mol. The summed E-state index contributed by atoms with van der Waals surface area (Å²) < 4.78 is 5.08. The van der Waals surface area contributed by atoms with Crippen molar-refractivity contribution in [2.24, 2.45) is 0 Å². The van der Waals surface area contributed by atoms with Crippen LogP contribution < -0.4 is 5.32 Å². The monoisotopic (exact) mass is 302 g/mol. The zero-order valence-electron chi connectivity index (χ0n) is 12.8. The van der Waals surface area contributed by atoms with Crippen LogP contribution in [-0.2, 0) is 14.3 Å². The molecule has 0 saturated heterocycles. The summed E-state index contributed by atoms with van der Waals surface area (Å²) in [7, 11) is 0. The Bertz CT molecular complexity index is 637. The summed E-state index contributed by atoms with van der Waals surface area (Å²) in [6.07, 6.45) is 0. The summed E-state index contributed by atoms with van der Waals surface area (Å²) in [4.78, 5) is 37.4. The molecule has 22 heavy (non-hydrogen) atoms. The smallest absolute Gasteiger partial charge is 0.338 e. The minimum atomic E-state index is -0.786. The van der Waals surface area contributed by atoms with E-state index in [1.54, 1.807) is 38.1 Å². The van der Waals surface area contributed by atoms with Gasteiger partial charge in [0.15, 0.2) is 0 Å². The molecule has 1 heterocycles. The molecule has 1 N–H and O–H groups in total. The molecule has 6 heteroatoms. The number of amides is 3. The number of allylic oxidation sites excluding steroid dienone is 1. The molecule has 3 amide bonds. The quantitative estimate of drug-likeness (QED) is 0.868. The van der Waals surface area contributed by atoms with Crippen LogP contribution in [0.5, 0.6) is 0 Å². The van der Waals surface area contributed by atoms with Crippen LogP contribution in [0.3, 0.4) is 0 Å². The summed E-state index contributed by atoms with van der Waals surface area (Å²) in [5, 5.41) is 2.54. The van der Waals surface area contributed by atoms with Crippen molar-refractivity contribution in [1.82, 2.24) is 10.2 Å². The number of carbonyl (C=O) groups is 3. The molecule has 1 atom stereocenters. The normalized spacial score (nSPS) is 18.0. The van der Waals surface area contributed by atoms with Crippen LogP contribution in [0.15, 0.2) is 41.6 Å². The number of nitrogens with one attached hydrogen (secondary N) is 1. The van der Waals surface area contributed by atoms with Gasteiger partial charge in [0.1, 0.15) is 6.04 Å². The van der Waals surface area contributed by atoms with Crippen molar-refractivity contribution in [3.63, 3.8) is 0 Å². The topological polar surface area (TPSA) is 75.7 Å². The van der Waals surface area contributed by atoms with Crippen LogP contribution in [0, 0.1) is 0 Å². The summed E-state index contributed by atoms with van der Waals surface area (Å²) in [6.45, 7) is 4.83. The van der Waals surface area contributed by atoms with Gasteiger partial charge in [-0.15, -0.1) is 0 Å². The number of imide groups is 1. The fraction of sp³-hybridized carbons (Fsp3) is 0.312. The summed E-state index contributed by atoms with van der Waals surface area (Å²) in [5.41, 5.74) is 1.34. The predicted octanol–water partition coefficient (Wildman–Crippen LogP) is 2.14. The first kappa shape index (κ1) is 15.8. The Balaban J connectivity index is 2.60. The van der Waals surface area contributed by atoms with E-state index in [9.17, 15) is 14.4 Å². The molecule has 6 nitrogen and oxygen atoms in total. The van der Waals surface area contributed by atoms with Gasteiger partial charge in [0.05, 0.1) is 12.2 Å². The minimum absolute atomic E-state index is 0.213. The third-order valence-corrected chi connectivity index (χ3v) is 3.40. The Morgan fingerprint density at radius 3 is 2.45 bits per heavy atom. The van der Waals surface area contributed by atoms with Crippen molar-refractivity contribution < 1.29 is 19.1 Å². The number of carbonyl (C=O) groups excluding carboxylic acids is 3. The molecular formula is C16H18N2O4. The van der Waals surface area contributed by atoms with Gasteiger partial charge in [0.25, 0.3) is 0 Å². The van der Waals surface area contributed by atoms with Crippen LogP contribution in [0.4, 0.5) is 4.79 Å². The van der Waals surface area contributed by atoms with Gasteiger partial charge in [-0.1, -0.05) is 30.3 Å². The van der Waals surface area contributed by atoms with Crippen molar-refractivity contribution in [2.45, 2.75) is 26.8 Å². The van der Waals surface area contributed by atoms with E-state index in [-0.39, 0.29) is 12.2 Å². The highest BCUT2D eigenvalue weighted by molar-refractivity contribution is 6.01. The first-order valence-corrected chi connectivity index (χ1v) is 7.01. The van der Waals surface area contributed by atoms with Crippen LogP contribution in [0.2, 0.25) is 0 Å². The second-order valence-electron chi connectivity index (χ2n) is 4.89. The van der Waals surface area contributed by atoms with E-state index in [0.717, 1.165) is 4.90 Å². The molecule has 0 aliphatic carbocycles. The van der Waals surface area contributed by atoms with E-state index in [4.69, 9.17) is 4.74 Å². The van der Waals surface area contributed by atoms with Crippen LogP contribution in [0.1, 0.15) is 32.4 Å². The van der Waals surface area contributed by atoms with Crippen molar-refractivity contribution >= 4 is 17.9 Å². The summed E-state index contributed by atoms with van der Waals surface area (Å²) in [6, 6.07) is 7.61. The van der Waals surface area contributed by atoms with Crippen LogP contribution >= 0.6 is 0 Å². The largest absolute Gasteiger partial charge is 0.463 e. The average Bonchev–Trinajstić information content (AvgIpc) is 2.47. The van der Waals surface area contributed by atoms with Gasteiger partial charge in [-0.05, 0) is 19.4 Å². The number of urea groups is 1. The molecule has 1 aromatic carbocycles. The molecule has 2 rings (SSSR count). The highest BCUT2D eigenvalue weighted by atomic mass is 16.5. The number of benzene rings is 1. The molecule has 0 saturated carbocycles. The van der Waals surface area contributed by atoms with Gasteiger partial charge in [-0.25, -0.2) is 9.59 Å².